The first kappa shape index (κ1) is 16.4. The smallest absolute Gasteiger partial charge is 0.236 e. The first-order valence-corrected chi connectivity index (χ1v) is 7.70. The van der Waals surface area contributed by atoms with Crippen LogP contribution in [-0.4, -0.2) is 36.2 Å². The molecule has 0 bridgehead atoms. The Morgan fingerprint density at radius 1 is 1.26 bits per heavy atom. The molecule has 19 heavy (non-hydrogen) atoms. The molecule has 3 atom stereocenters. The van der Waals surface area contributed by atoms with Crippen LogP contribution < -0.4 is 10.6 Å². The maximum atomic E-state index is 11.8. The Hall–Kier alpha value is -0.610. The van der Waals surface area contributed by atoms with Gasteiger partial charge in [0, 0.05) is 13.1 Å². The Labute approximate surface area is 117 Å². The number of carbonyl (C=O) groups is 1. The van der Waals surface area contributed by atoms with Crippen LogP contribution in [0.1, 0.15) is 52.9 Å². The molecular weight excluding hydrogens is 240 g/mol. The van der Waals surface area contributed by atoms with E-state index in [0.29, 0.717) is 11.8 Å². The van der Waals surface area contributed by atoms with Crippen molar-refractivity contribution in [2.75, 3.05) is 13.1 Å². The minimum Gasteiger partial charge on any atom is -0.393 e. The van der Waals surface area contributed by atoms with E-state index in [1.54, 1.807) is 0 Å². The Kier molecular flexibility index (Phi) is 7.39. The Bertz CT molecular complexity index is 269. The number of hydrogen-bond donors (Lipinski definition) is 3. The second kappa shape index (κ2) is 8.54. The summed E-state index contributed by atoms with van der Waals surface area (Å²) in [5, 5.41) is 16.1. The zero-order valence-electron chi connectivity index (χ0n) is 12.6. The number of aliphatic hydroxyl groups is 1. The number of rotatable bonds is 7. The largest absolute Gasteiger partial charge is 0.393 e. The second-order valence-electron chi connectivity index (χ2n) is 6.22. The lowest BCUT2D eigenvalue weighted by Gasteiger charge is -2.28. The Morgan fingerprint density at radius 2 is 1.95 bits per heavy atom. The molecule has 1 aliphatic carbocycles. The fourth-order valence-electron chi connectivity index (χ4n) is 2.48. The molecule has 1 saturated carbocycles. The van der Waals surface area contributed by atoms with Gasteiger partial charge in [-0.3, -0.25) is 4.79 Å². The van der Waals surface area contributed by atoms with Gasteiger partial charge in [-0.05, 0) is 38.0 Å². The lowest BCUT2D eigenvalue weighted by molar-refractivity contribution is -0.122. The van der Waals surface area contributed by atoms with Gasteiger partial charge in [0.25, 0.3) is 0 Å². The monoisotopic (exact) mass is 270 g/mol. The molecule has 3 unspecified atom stereocenters. The van der Waals surface area contributed by atoms with Gasteiger partial charge < -0.3 is 15.7 Å². The number of carbonyl (C=O) groups excluding carboxylic acids is 1. The molecule has 1 aliphatic rings. The summed E-state index contributed by atoms with van der Waals surface area (Å²) >= 11 is 0. The predicted molar refractivity (Wildman–Crippen MR) is 77.9 cm³/mol. The molecule has 4 nitrogen and oxygen atoms in total. The minimum absolute atomic E-state index is 0.0611. The van der Waals surface area contributed by atoms with Crippen molar-refractivity contribution in [3.63, 3.8) is 0 Å². The SMILES string of the molecule is CC(C)CCNC(=O)C(C)NCC1CCCCC1O. The molecule has 1 amide bonds. The van der Waals surface area contributed by atoms with Crippen LogP contribution in [0.5, 0.6) is 0 Å². The normalized spacial score (nSPS) is 25.3. The highest BCUT2D eigenvalue weighted by Gasteiger charge is 2.24. The van der Waals surface area contributed by atoms with E-state index in [1.165, 1.54) is 6.42 Å². The summed E-state index contributed by atoms with van der Waals surface area (Å²) in [4.78, 5) is 11.8. The van der Waals surface area contributed by atoms with E-state index in [9.17, 15) is 9.90 Å². The molecule has 0 spiro atoms. The van der Waals surface area contributed by atoms with Crippen molar-refractivity contribution in [2.45, 2.75) is 65.0 Å². The first-order valence-electron chi connectivity index (χ1n) is 7.70. The van der Waals surface area contributed by atoms with Gasteiger partial charge in [-0.25, -0.2) is 0 Å². The molecule has 0 saturated heterocycles. The molecule has 0 heterocycles. The first-order chi connectivity index (χ1) is 9.00. The van der Waals surface area contributed by atoms with Gasteiger partial charge in [-0.1, -0.05) is 26.7 Å². The molecule has 3 N–H and O–H groups in total. The fraction of sp³-hybridized carbons (Fsp3) is 0.933. The highest BCUT2D eigenvalue weighted by molar-refractivity contribution is 5.81. The summed E-state index contributed by atoms with van der Waals surface area (Å²) in [6.45, 7) is 7.67. The third-order valence-electron chi connectivity index (χ3n) is 3.97. The molecule has 1 rings (SSSR count). The van der Waals surface area contributed by atoms with Crippen LogP contribution in [0.2, 0.25) is 0 Å². The van der Waals surface area contributed by atoms with Gasteiger partial charge in [0.15, 0.2) is 0 Å². The van der Waals surface area contributed by atoms with Crippen molar-refractivity contribution in [2.24, 2.45) is 11.8 Å². The van der Waals surface area contributed by atoms with E-state index < -0.39 is 0 Å². The van der Waals surface area contributed by atoms with Gasteiger partial charge in [0.05, 0.1) is 12.1 Å². The molecule has 0 aromatic heterocycles. The maximum absolute atomic E-state index is 11.8. The van der Waals surface area contributed by atoms with Crippen LogP contribution >= 0.6 is 0 Å². The van der Waals surface area contributed by atoms with E-state index in [2.05, 4.69) is 24.5 Å². The molecule has 4 heteroatoms. The molecule has 0 radical (unpaired) electrons. The highest BCUT2D eigenvalue weighted by atomic mass is 16.3. The van der Waals surface area contributed by atoms with Crippen molar-refractivity contribution in [1.29, 1.82) is 0 Å². The van der Waals surface area contributed by atoms with Crippen molar-refractivity contribution in [3.05, 3.63) is 0 Å². The van der Waals surface area contributed by atoms with Crippen LogP contribution in [-0.2, 0) is 4.79 Å². The van der Waals surface area contributed by atoms with Crippen molar-refractivity contribution in [3.8, 4) is 0 Å². The molecule has 112 valence electrons. The van der Waals surface area contributed by atoms with Crippen molar-refractivity contribution < 1.29 is 9.90 Å². The molecule has 1 fully saturated rings. The van der Waals surface area contributed by atoms with E-state index in [1.807, 2.05) is 6.92 Å². The predicted octanol–water partition coefficient (Wildman–Crippen LogP) is 1.68. The Morgan fingerprint density at radius 3 is 2.58 bits per heavy atom. The average Bonchev–Trinajstić information content (AvgIpc) is 2.36. The number of nitrogens with one attached hydrogen (secondary N) is 2. The van der Waals surface area contributed by atoms with Gasteiger partial charge in [-0.2, -0.15) is 0 Å². The average molecular weight is 270 g/mol. The molecular formula is C15H30N2O2. The molecule has 0 aromatic carbocycles. The topological polar surface area (TPSA) is 61.4 Å². The number of aliphatic hydroxyl groups excluding tert-OH is 1. The summed E-state index contributed by atoms with van der Waals surface area (Å²) in [6.07, 6.45) is 5.11. The zero-order valence-corrected chi connectivity index (χ0v) is 12.6. The second-order valence-corrected chi connectivity index (χ2v) is 6.22. The lowest BCUT2D eigenvalue weighted by atomic mass is 9.86. The van der Waals surface area contributed by atoms with Crippen LogP contribution in [0.25, 0.3) is 0 Å². The summed E-state index contributed by atoms with van der Waals surface area (Å²) in [5.41, 5.74) is 0. The summed E-state index contributed by atoms with van der Waals surface area (Å²) < 4.78 is 0. The Balaban J connectivity index is 2.18. The van der Waals surface area contributed by atoms with E-state index >= 15 is 0 Å². The van der Waals surface area contributed by atoms with Crippen molar-refractivity contribution in [1.82, 2.24) is 10.6 Å². The van der Waals surface area contributed by atoms with Gasteiger partial charge in [-0.15, -0.1) is 0 Å². The summed E-state index contributed by atoms with van der Waals surface area (Å²) in [5.74, 6) is 0.978. The van der Waals surface area contributed by atoms with Crippen molar-refractivity contribution >= 4 is 5.91 Å². The lowest BCUT2D eigenvalue weighted by Crippen LogP contribution is -2.46. The summed E-state index contributed by atoms with van der Waals surface area (Å²) in [6, 6.07) is -0.179. The maximum Gasteiger partial charge on any atom is 0.236 e. The van der Waals surface area contributed by atoms with Crippen LogP contribution in [0.3, 0.4) is 0 Å². The van der Waals surface area contributed by atoms with Crippen LogP contribution in [0.15, 0.2) is 0 Å². The molecule has 0 aliphatic heterocycles. The third kappa shape index (κ3) is 6.39. The van der Waals surface area contributed by atoms with E-state index in [-0.39, 0.29) is 18.1 Å². The summed E-state index contributed by atoms with van der Waals surface area (Å²) in [7, 11) is 0. The van der Waals surface area contributed by atoms with Gasteiger partial charge in [0.2, 0.25) is 5.91 Å². The van der Waals surface area contributed by atoms with Gasteiger partial charge in [0.1, 0.15) is 0 Å². The van der Waals surface area contributed by atoms with E-state index in [0.717, 1.165) is 38.8 Å². The third-order valence-corrected chi connectivity index (χ3v) is 3.97. The molecule has 0 aromatic rings. The standard InChI is InChI=1S/C15H30N2O2/c1-11(2)8-9-16-15(19)12(3)17-10-13-6-4-5-7-14(13)18/h11-14,17-18H,4-10H2,1-3H3,(H,16,19). The quantitative estimate of drug-likeness (QED) is 0.659. The fourth-order valence-corrected chi connectivity index (χ4v) is 2.48. The van der Waals surface area contributed by atoms with E-state index in [4.69, 9.17) is 0 Å². The van der Waals surface area contributed by atoms with Gasteiger partial charge >= 0.3 is 0 Å². The number of hydrogen-bond acceptors (Lipinski definition) is 3. The minimum atomic E-state index is -0.197. The van der Waals surface area contributed by atoms with Crippen LogP contribution in [0, 0.1) is 11.8 Å². The van der Waals surface area contributed by atoms with Crippen LogP contribution in [0.4, 0.5) is 0 Å². The zero-order chi connectivity index (χ0) is 14.3. The highest BCUT2D eigenvalue weighted by Crippen LogP contribution is 2.23. The number of amides is 1.